The summed E-state index contributed by atoms with van der Waals surface area (Å²) >= 11 is 0. The minimum absolute atomic E-state index is 0.0889. The molecule has 0 aromatic heterocycles. The average molecular weight is 402 g/mol. The highest BCUT2D eigenvalue weighted by Crippen LogP contribution is 2.75. The van der Waals surface area contributed by atoms with E-state index in [-0.39, 0.29) is 18.6 Å². The predicted molar refractivity (Wildman–Crippen MR) is 96.1 cm³/mol. The van der Waals surface area contributed by atoms with Gasteiger partial charge in [-0.2, -0.15) is 0 Å². The van der Waals surface area contributed by atoms with E-state index in [1.54, 1.807) is 19.9 Å². The van der Waals surface area contributed by atoms with Gasteiger partial charge in [0.05, 0.1) is 13.0 Å². The van der Waals surface area contributed by atoms with E-state index in [4.69, 9.17) is 23.7 Å². The number of rotatable bonds is 3. The van der Waals surface area contributed by atoms with Gasteiger partial charge in [0, 0.05) is 24.3 Å². The zero-order chi connectivity index (χ0) is 20.9. The second-order valence-electron chi connectivity index (χ2n) is 8.54. The standard InChI is InChI=1S/C21H22O8/c1-9(2)12-8-19-20(28-19,18(24)25-5)17-21(27-17,29-19)15(10(3)4)14-7-11(6-13(12)22)16(23)26-14/h7,12,14-15,17H,1,3,6,8H2,2,4-5H3/t12-,14-,15?,17-,19-,20-,21+/m1/s1. The van der Waals surface area contributed by atoms with Crippen molar-refractivity contribution in [2.24, 2.45) is 11.8 Å². The summed E-state index contributed by atoms with van der Waals surface area (Å²) in [7, 11) is 1.26. The number of epoxide rings is 2. The smallest absolute Gasteiger partial charge is 0.347 e. The van der Waals surface area contributed by atoms with E-state index in [1.165, 1.54) is 7.11 Å². The number of esters is 2. The molecular formula is C21H22O8. The first kappa shape index (κ1) is 18.7. The van der Waals surface area contributed by atoms with Crippen LogP contribution in [0.2, 0.25) is 0 Å². The molecule has 0 saturated carbocycles. The maximum absolute atomic E-state index is 13.0. The molecule has 3 saturated heterocycles. The molecule has 154 valence electrons. The molecule has 5 aliphatic rings. The molecule has 8 nitrogen and oxygen atoms in total. The Morgan fingerprint density at radius 1 is 1.21 bits per heavy atom. The number of hydrogen-bond donors (Lipinski definition) is 0. The van der Waals surface area contributed by atoms with Crippen molar-refractivity contribution in [1.29, 1.82) is 0 Å². The first-order valence-electron chi connectivity index (χ1n) is 9.53. The van der Waals surface area contributed by atoms with Crippen molar-refractivity contribution >= 4 is 17.7 Å². The molecule has 5 heterocycles. The minimum Gasteiger partial charge on any atom is -0.467 e. The van der Waals surface area contributed by atoms with Crippen LogP contribution < -0.4 is 0 Å². The first-order valence-corrected chi connectivity index (χ1v) is 9.53. The Hall–Kier alpha value is -2.29. The van der Waals surface area contributed by atoms with Crippen LogP contribution in [0.25, 0.3) is 0 Å². The molecular weight excluding hydrogens is 380 g/mol. The molecule has 2 spiro atoms. The number of ketones is 1. The molecule has 8 heteroatoms. The van der Waals surface area contributed by atoms with Crippen molar-refractivity contribution in [1.82, 2.24) is 0 Å². The molecule has 7 atom stereocenters. The molecule has 0 aliphatic carbocycles. The summed E-state index contributed by atoms with van der Waals surface area (Å²) in [4.78, 5) is 38.1. The molecule has 0 N–H and O–H groups in total. The quantitative estimate of drug-likeness (QED) is 0.396. The highest BCUT2D eigenvalue weighted by Gasteiger charge is 2.99. The lowest BCUT2D eigenvalue weighted by Crippen LogP contribution is -2.40. The number of Topliss-reactive ketones (excluding diaryl/α,β-unsaturated/α-hetero) is 1. The van der Waals surface area contributed by atoms with Crippen LogP contribution in [0.4, 0.5) is 0 Å². The van der Waals surface area contributed by atoms with E-state index in [9.17, 15) is 14.4 Å². The van der Waals surface area contributed by atoms with Gasteiger partial charge >= 0.3 is 11.9 Å². The fourth-order valence-corrected chi connectivity index (χ4v) is 5.22. The minimum atomic E-state index is -1.46. The maximum atomic E-state index is 13.0. The average Bonchev–Trinajstić information content (AvgIpc) is 3.46. The number of carbonyl (C=O) groups excluding carboxylic acids is 3. The van der Waals surface area contributed by atoms with Crippen molar-refractivity contribution < 1.29 is 38.1 Å². The topological polar surface area (TPSA) is 104 Å². The van der Waals surface area contributed by atoms with Crippen LogP contribution >= 0.6 is 0 Å². The lowest BCUT2D eigenvalue weighted by Gasteiger charge is -2.30. The predicted octanol–water partition coefficient (Wildman–Crippen LogP) is 1.35. The number of ether oxygens (including phenoxy) is 5. The largest absolute Gasteiger partial charge is 0.467 e. The van der Waals surface area contributed by atoms with Gasteiger partial charge in [-0.25, -0.2) is 9.59 Å². The van der Waals surface area contributed by atoms with Crippen molar-refractivity contribution in [2.45, 2.75) is 56.1 Å². The lowest BCUT2D eigenvalue weighted by atomic mass is 9.81. The van der Waals surface area contributed by atoms with E-state index in [1.807, 2.05) is 0 Å². The SMILES string of the molecule is C=C(C)C1[C@H]2C=C(CC(=O)[C@@H](C(=C)C)C[C@@]34O[C@@]15O[C@@H]5[C@]3(C(=O)OC)O4)C(=O)O2. The molecule has 1 unspecified atom stereocenters. The Labute approximate surface area is 167 Å². The second-order valence-corrected chi connectivity index (χ2v) is 8.54. The van der Waals surface area contributed by atoms with E-state index in [2.05, 4.69) is 13.2 Å². The number of carbonyl (C=O) groups is 3. The summed E-state index contributed by atoms with van der Waals surface area (Å²) in [5, 5.41) is 0. The van der Waals surface area contributed by atoms with Gasteiger partial charge in [-0.05, 0) is 19.9 Å². The van der Waals surface area contributed by atoms with Crippen LogP contribution in [0.5, 0.6) is 0 Å². The molecule has 29 heavy (non-hydrogen) atoms. The number of allylic oxidation sites excluding steroid dienone is 1. The Balaban J connectivity index is 1.65. The summed E-state index contributed by atoms with van der Waals surface area (Å²) in [6.07, 6.45) is 0.181. The molecule has 0 aromatic carbocycles. The van der Waals surface area contributed by atoms with Gasteiger partial charge < -0.3 is 23.7 Å². The van der Waals surface area contributed by atoms with Gasteiger partial charge in [0.15, 0.2) is 6.10 Å². The number of hydrogen-bond acceptors (Lipinski definition) is 8. The molecule has 5 rings (SSSR count). The van der Waals surface area contributed by atoms with Gasteiger partial charge in [0.2, 0.25) is 11.6 Å². The third-order valence-corrected chi connectivity index (χ3v) is 6.63. The zero-order valence-corrected chi connectivity index (χ0v) is 16.5. The summed E-state index contributed by atoms with van der Waals surface area (Å²) in [5.41, 5.74) is 0.105. The van der Waals surface area contributed by atoms with E-state index < -0.39 is 53.2 Å². The number of methoxy groups -OCH3 is 1. The fourth-order valence-electron chi connectivity index (χ4n) is 5.22. The molecule has 0 amide bonds. The van der Waals surface area contributed by atoms with Crippen molar-refractivity contribution in [2.75, 3.05) is 7.11 Å². The van der Waals surface area contributed by atoms with Crippen molar-refractivity contribution in [3.05, 3.63) is 36.0 Å². The van der Waals surface area contributed by atoms with Gasteiger partial charge in [-0.1, -0.05) is 24.3 Å². The number of fused-ring (bicyclic) bond motifs is 2. The highest BCUT2D eigenvalue weighted by atomic mass is 17.0. The van der Waals surface area contributed by atoms with E-state index >= 15 is 0 Å². The van der Waals surface area contributed by atoms with Crippen molar-refractivity contribution in [3.63, 3.8) is 0 Å². The first-order chi connectivity index (χ1) is 13.6. The lowest BCUT2D eigenvalue weighted by molar-refractivity contribution is -0.186. The Kier molecular flexibility index (Phi) is 3.51. The van der Waals surface area contributed by atoms with E-state index in [0.717, 1.165) is 0 Å². The molecule has 0 radical (unpaired) electrons. The maximum Gasteiger partial charge on any atom is 0.347 e. The van der Waals surface area contributed by atoms with Crippen LogP contribution in [-0.4, -0.2) is 54.2 Å². The molecule has 4 bridgehead atoms. The molecule has 3 fully saturated rings. The van der Waals surface area contributed by atoms with Gasteiger partial charge in [0.25, 0.3) is 5.60 Å². The third kappa shape index (κ3) is 2.11. The van der Waals surface area contributed by atoms with E-state index in [0.29, 0.717) is 16.7 Å². The third-order valence-electron chi connectivity index (χ3n) is 6.63. The van der Waals surface area contributed by atoms with Crippen LogP contribution in [0, 0.1) is 11.8 Å². The van der Waals surface area contributed by atoms with Crippen LogP contribution in [0.1, 0.15) is 26.7 Å². The van der Waals surface area contributed by atoms with Crippen molar-refractivity contribution in [3.8, 4) is 0 Å². The highest BCUT2D eigenvalue weighted by molar-refractivity contribution is 5.99. The molecule has 0 aromatic rings. The summed E-state index contributed by atoms with van der Waals surface area (Å²) in [5.74, 6) is -5.17. The zero-order valence-electron chi connectivity index (χ0n) is 16.5. The summed E-state index contributed by atoms with van der Waals surface area (Å²) in [6, 6.07) is 0. The monoisotopic (exact) mass is 402 g/mol. The second kappa shape index (κ2) is 5.44. The molecule has 5 aliphatic heterocycles. The van der Waals surface area contributed by atoms with Crippen LogP contribution in [-0.2, 0) is 38.1 Å². The Morgan fingerprint density at radius 3 is 2.55 bits per heavy atom. The van der Waals surface area contributed by atoms with Gasteiger partial charge in [-0.3, -0.25) is 4.79 Å². The summed E-state index contributed by atoms with van der Waals surface area (Å²) < 4.78 is 28.6. The Morgan fingerprint density at radius 2 is 1.93 bits per heavy atom. The van der Waals surface area contributed by atoms with Gasteiger partial charge in [0.1, 0.15) is 11.9 Å². The van der Waals surface area contributed by atoms with Crippen LogP contribution in [0.15, 0.2) is 36.0 Å². The van der Waals surface area contributed by atoms with Crippen LogP contribution in [0.3, 0.4) is 0 Å². The Bertz CT molecular complexity index is 933. The fraction of sp³-hybridized carbons (Fsp3) is 0.571. The van der Waals surface area contributed by atoms with Gasteiger partial charge in [-0.15, -0.1) is 0 Å². The normalized spacial score (nSPS) is 46.5. The summed E-state index contributed by atoms with van der Waals surface area (Å²) in [6.45, 7) is 11.5.